The zero-order chi connectivity index (χ0) is 20.2. The summed E-state index contributed by atoms with van der Waals surface area (Å²) < 4.78 is 10.7. The van der Waals surface area contributed by atoms with Gasteiger partial charge in [-0.15, -0.1) is 0 Å². The molecule has 1 atom stereocenters. The number of hydrogen-bond acceptors (Lipinski definition) is 5. The predicted octanol–water partition coefficient (Wildman–Crippen LogP) is 2.97. The van der Waals surface area contributed by atoms with Crippen molar-refractivity contribution in [3.63, 3.8) is 0 Å². The maximum Gasteiger partial charge on any atom is 0.341 e. The van der Waals surface area contributed by atoms with Crippen LogP contribution in [-0.2, 0) is 4.79 Å². The summed E-state index contributed by atoms with van der Waals surface area (Å²) in [5.41, 5.74) is 2.22. The highest BCUT2D eigenvalue weighted by atomic mass is 16.5. The van der Waals surface area contributed by atoms with E-state index in [1.54, 1.807) is 12.1 Å². The maximum atomic E-state index is 10.5. The Kier molecular flexibility index (Phi) is 9.04. The quantitative estimate of drug-likeness (QED) is 0.487. The number of ether oxygens (including phenoxy) is 2. The first-order chi connectivity index (χ1) is 13.6. The van der Waals surface area contributed by atoms with Crippen molar-refractivity contribution in [2.75, 3.05) is 26.3 Å². The molecule has 6 nitrogen and oxygen atoms in total. The van der Waals surface area contributed by atoms with E-state index < -0.39 is 12.1 Å². The number of benzene rings is 2. The Bertz CT molecular complexity index is 743. The molecule has 6 heteroatoms. The molecular weight excluding hydrogens is 358 g/mol. The van der Waals surface area contributed by atoms with Gasteiger partial charge in [0.15, 0.2) is 6.61 Å². The van der Waals surface area contributed by atoms with Crippen molar-refractivity contribution < 1.29 is 24.5 Å². The number of carboxylic acid groups (broad SMARTS) is 1. The number of carbonyl (C=O) groups is 1. The van der Waals surface area contributed by atoms with Crippen LogP contribution >= 0.6 is 0 Å². The van der Waals surface area contributed by atoms with E-state index in [4.69, 9.17) is 14.6 Å². The first kappa shape index (κ1) is 21.5. The lowest BCUT2D eigenvalue weighted by atomic mass is 10.0. The van der Waals surface area contributed by atoms with E-state index in [1.807, 2.05) is 55.5 Å². The Morgan fingerprint density at radius 2 is 1.75 bits per heavy atom. The molecule has 1 unspecified atom stereocenters. The molecule has 0 amide bonds. The van der Waals surface area contributed by atoms with Gasteiger partial charge in [0.25, 0.3) is 0 Å². The molecular formula is C22H27NO5. The number of hydrogen-bond donors (Lipinski definition) is 3. The number of aliphatic hydroxyl groups excluding tert-OH is 1. The lowest BCUT2D eigenvalue weighted by Crippen LogP contribution is -2.32. The number of allylic oxidation sites excluding steroid dienone is 1. The second-order valence-corrected chi connectivity index (χ2v) is 6.25. The number of para-hydroxylation sites is 1. The van der Waals surface area contributed by atoms with Crippen molar-refractivity contribution in [3.8, 4) is 11.5 Å². The predicted molar refractivity (Wildman–Crippen MR) is 109 cm³/mol. The van der Waals surface area contributed by atoms with Crippen LogP contribution in [0.1, 0.15) is 18.9 Å². The van der Waals surface area contributed by atoms with Crippen LogP contribution in [0, 0.1) is 0 Å². The van der Waals surface area contributed by atoms with Gasteiger partial charge >= 0.3 is 5.97 Å². The van der Waals surface area contributed by atoms with E-state index in [0.717, 1.165) is 29.9 Å². The average molecular weight is 385 g/mol. The van der Waals surface area contributed by atoms with Crippen LogP contribution in [0.3, 0.4) is 0 Å². The van der Waals surface area contributed by atoms with Gasteiger partial charge in [-0.05, 0) is 55.3 Å². The molecule has 0 fully saturated rings. The second-order valence-electron chi connectivity index (χ2n) is 6.25. The molecule has 28 heavy (non-hydrogen) atoms. The minimum atomic E-state index is -0.999. The fourth-order valence-electron chi connectivity index (χ4n) is 2.63. The first-order valence-electron chi connectivity index (χ1n) is 9.25. The molecule has 0 aliphatic heterocycles. The zero-order valence-corrected chi connectivity index (χ0v) is 16.0. The van der Waals surface area contributed by atoms with Crippen molar-refractivity contribution in [2.45, 2.75) is 19.4 Å². The van der Waals surface area contributed by atoms with Crippen molar-refractivity contribution in [1.29, 1.82) is 0 Å². The minimum absolute atomic E-state index is 0.241. The van der Waals surface area contributed by atoms with Gasteiger partial charge in [-0.2, -0.15) is 0 Å². The lowest BCUT2D eigenvalue weighted by molar-refractivity contribution is -0.139. The molecule has 3 N–H and O–H groups in total. The Labute approximate surface area is 165 Å². The van der Waals surface area contributed by atoms with Crippen LogP contribution in [0.25, 0.3) is 5.57 Å². The van der Waals surface area contributed by atoms with Crippen molar-refractivity contribution in [2.24, 2.45) is 0 Å². The van der Waals surface area contributed by atoms with Gasteiger partial charge in [0, 0.05) is 6.54 Å². The van der Waals surface area contributed by atoms with Crippen molar-refractivity contribution in [3.05, 3.63) is 66.2 Å². The van der Waals surface area contributed by atoms with Crippen LogP contribution in [0.4, 0.5) is 0 Å². The average Bonchev–Trinajstić information content (AvgIpc) is 2.72. The Morgan fingerprint density at radius 1 is 1.07 bits per heavy atom. The van der Waals surface area contributed by atoms with E-state index in [9.17, 15) is 9.90 Å². The van der Waals surface area contributed by atoms with Gasteiger partial charge in [-0.3, -0.25) is 0 Å². The topological polar surface area (TPSA) is 88.0 Å². The molecule has 0 saturated heterocycles. The molecule has 0 spiro atoms. The Balaban J connectivity index is 1.69. The molecule has 0 saturated carbocycles. The number of aliphatic hydroxyl groups is 1. The van der Waals surface area contributed by atoms with E-state index in [2.05, 4.69) is 5.32 Å². The van der Waals surface area contributed by atoms with E-state index >= 15 is 0 Å². The molecule has 0 radical (unpaired) electrons. The fraction of sp³-hybridized carbons (Fsp3) is 0.318. The highest BCUT2D eigenvalue weighted by Gasteiger charge is 2.06. The second kappa shape index (κ2) is 11.8. The SMILES string of the molecule is C/C=C(\CCNCC(O)COc1ccccc1)c1ccc(OCC(=O)O)cc1. The minimum Gasteiger partial charge on any atom is -0.491 e. The highest BCUT2D eigenvalue weighted by Crippen LogP contribution is 2.21. The van der Waals surface area contributed by atoms with Gasteiger partial charge in [0.2, 0.25) is 0 Å². The smallest absolute Gasteiger partial charge is 0.341 e. The van der Waals surface area contributed by atoms with Crippen LogP contribution in [0.2, 0.25) is 0 Å². The molecule has 0 heterocycles. The summed E-state index contributed by atoms with van der Waals surface area (Å²) in [5, 5.41) is 21.9. The summed E-state index contributed by atoms with van der Waals surface area (Å²) in [6.07, 6.45) is 2.27. The lowest BCUT2D eigenvalue weighted by Gasteiger charge is -2.14. The molecule has 2 aromatic rings. The van der Waals surface area contributed by atoms with Crippen molar-refractivity contribution in [1.82, 2.24) is 5.32 Å². The van der Waals surface area contributed by atoms with E-state index in [1.165, 1.54) is 0 Å². The number of carboxylic acids is 1. The molecule has 0 aromatic heterocycles. The van der Waals surface area contributed by atoms with Crippen LogP contribution < -0.4 is 14.8 Å². The van der Waals surface area contributed by atoms with Gasteiger partial charge in [-0.1, -0.05) is 36.4 Å². The standard InChI is InChI=1S/C22H27NO5/c1-2-17(18-8-10-21(11-9-18)28-16-22(25)26)12-13-23-14-19(24)15-27-20-6-4-3-5-7-20/h2-11,19,23-24H,12-16H2,1H3,(H,25,26)/b17-2+. The number of nitrogens with one attached hydrogen (secondary N) is 1. The summed E-state index contributed by atoms with van der Waals surface area (Å²) in [6.45, 7) is 3.04. The third kappa shape index (κ3) is 7.82. The zero-order valence-electron chi connectivity index (χ0n) is 16.0. The third-order valence-corrected chi connectivity index (χ3v) is 4.07. The molecule has 2 aromatic carbocycles. The molecule has 0 bridgehead atoms. The molecule has 0 aliphatic carbocycles. The van der Waals surface area contributed by atoms with Crippen molar-refractivity contribution >= 4 is 11.5 Å². The summed E-state index contributed by atoms with van der Waals surface area (Å²) in [5.74, 6) is 0.274. The van der Waals surface area contributed by atoms with Gasteiger partial charge in [0.1, 0.15) is 24.2 Å². The summed E-state index contributed by atoms with van der Waals surface area (Å²) in [4.78, 5) is 10.5. The van der Waals surface area contributed by atoms with Crippen LogP contribution in [-0.4, -0.2) is 48.6 Å². The van der Waals surface area contributed by atoms with Crippen LogP contribution in [0.15, 0.2) is 60.7 Å². The normalized spacial score (nSPS) is 12.4. The number of rotatable bonds is 12. The third-order valence-electron chi connectivity index (χ3n) is 4.07. The Hall–Kier alpha value is -2.83. The van der Waals surface area contributed by atoms with Crippen LogP contribution in [0.5, 0.6) is 11.5 Å². The molecule has 2 rings (SSSR count). The summed E-state index contributed by atoms with van der Waals surface area (Å²) in [7, 11) is 0. The number of aliphatic carboxylic acids is 1. The molecule has 0 aliphatic rings. The summed E-state index contributed by atoms with van der Waals surface area (Å²) in [6, 6.07) is 16.8. The largest absolute Gasteiger partial charge is 0.491 e. The highest BCUT2D eigenvalue weighted by molar-refractivity contribution is 5.69. The maximum absolute atomic E-state index is 10.5. The monoisotopic (exact) mass is 385 g/mol. The fourth-order valence-corrected chi connectivity index (χ4v) is 2.63. The summed E-state index contributed by atoms with van der Waals surface area (Å²) >= 11 is 0. The van der Waals surface area contributed by atoms with Gasteiger partial charge < -0.3 is 25.0 Å². The van der Waals surface area contributed by atoms with E-state index in [0.29, 0.717) is 12.3 Å². The van der Waals surface area contributed by atoms with E-state index in [-0.39, 0.29) is 13.2 Å². The first-order valence-corrected chi connectivity index (χ1v) is 9.25. The Morgan fingerprint density at radius 3 is 2.39 bits per heavy atom. The van der Waals surface area contributed by atoms with Gasteiger partial charge in [-0.25, -0.2) is 4.79 Å². The molecule has 150 valence electrons. The van der Waals surface area contributed by atoms with Gasteiger partial charge in [0.05, 0.1) is 0 Å².